The number of benzene rings is 1. The molecule has 3 rings (SSSR count). The molecule has 0 aliphatic rings. The second kappa shape index (κ2) is 7.01. The minimum absolute atomic E-state index is 0.0401. The number of carbonyl (C=O) groups excluding carboxylic acids is 1. The maximum Gasteiger partial charge on any atom is 0.322 e. The van der Waals surface area contributed by atoms with E-state index in [-0.39, 0.29) is 11.8 Å². The first-order valence-electron chi connectivity index (χ1n) is 6.66. The molecule has 0 bridgehead atoms. The maximum atomic E-state index is 11.9. The van der Waals surface area contributed by atoms with Gasteiger partial charge in [0.2, 0.25) is 5.89 Å². The topological polar surface area (TPSA) is 81.2 Å². The van der Waals surface area contributed by atoms with E-state index in [4.69, 9.17) is 8.83 Å². The van der Waals surface area contributed by atoms with E-state index in [9.17, 15) is 4.79 Å². The standard InChI is InChI=1S/C15H12BrN3O3S/c1-23-10-4-2-9(3-5-10)8-13-18-19-15(22-13)17-14(20)11-6-7-12(16)21-11/h2-7H,8H2,1H3,(H,17,19,20). The molecule has 0 spiro atoms. The van der Waals surface area contributed by atoms with Gasteiger partial charge in [0.1, 0.15) is 0 Å². The fraction of sp³-hybridized carbons (Fsp3) is 0.133. The van der Waals surface area contributed by atoms with Crippen molar-refractivity contribution in [3.8, 4) is 0 Å². The van der Waals surface area contributed by atoms with Crippen molar-refractivity contribution in [3.63, 3.8) is 0 Å². The van der Waals surface area contributed by atoms with Crippen molar-refractivity contribution in [2.24, 2.45) is 0 Å². The van der Waals surface area contributed by atoms with E-state index in [2.05, 4.69) is 31.4 Å². The van der Waals surface area contributed by atoms with Gasteiger partial charge in [-0.05, 0) is 52.0 Å². The van der Waals surface area contributed by atoms with Gasteiger partial charge in [-0.25, -0.2) is 0 Å². The Morgan fingerprint density at radius 1 is 1.17 bits per heavy atom. The molecule has 0 radical (unpaired) electrons. The Morgan fingerprint density at radius 2 is 1.96 bits per heavy atom. The summed E-state index contributed by atoms with van der Waals surface area (Å²) in [4.78, 5) is 13.1. The second-order valence-corrected chi connectivity index (χ2v) is 6.24. The number of nitrogens with zero attached hydrogens (tertiary/aromatic N) is 2. The molecule has 2 heterocycles. The van der Waals surface area contributed by atoms with Crippen molar-refractivity contribution in [2.75, 3.05) is 11.6 Å². The Kier molecular flexibility index (Phi) is 4.82. The summed E-state index contributed by atoms with van der Waals surface area (Å²) in [5, 5.41) is 10.2. The Hall–Kier alpha value is -2.06. The zero-order chi connectivity index (χ0) is 16.2. The fourth-order valence-electron chi connectivity index (χ4n) is 1.89. The van der Waals surface area contributed by atoms with Gasteiger partial charge < -0.3 is 8.83 Å². The molecular formula is C15H12BrN3O3S. The lowest BCUT2D eigenvalue weighted by atomic mass is 10.1. The molecule has 1 aromatic carbocycles. The van der Waals surface area contributed by atoms with Gasteiger partial charge >= 0.3 is 6.01 Å². The van der Waals surface area contributed by atoms with E-state index in [0.29, 0.717) is 17.0 Å². The highest BCUT2D eigenvalue weighted by atomic mass is 79.9. The second-order valence-electron chi connectivity index (χ2n) is 4.58. The van der Waals surface area contributed by atoms with Gasteiger partial charge in [-0.15, -0.1) is 16.9 Å². The van der Waals surface area contributed by atoms with Crippen molar-refractivity contribution in [3.05, 3.63) is 58.3 Å². The lowest BCUT2D eigenvalue weighted by Gasteiger charge is -1.99. The first kappa shape index (κ1) is 15.8. The maximum absolute atomic E-state index is 11.9. The third-order valence-electron chi connectivity index (χ3n) is 3.00. The van der Waals surface area contributed by atoms with E-state index < -0.39 is 5.91 Å². The molecule has 0 saturated carbocycles. The quantitative estimate of drug-likeness (QED) is 0.659. The van der Waals surface area contributed by atoms with E-state index in [1.54, 1.807) is 23.9 Å². The first-order chi connectivity index (χ1) is 11.1. The summed E-state index contributed by atoms with van der Waals surface area (Å²) in [6, 6.07) is 11.3. The van der Waals surface area contributed by atoms with Crippen LogP contribution in [0.1, 0.15) is 22.0 Å². The van der Waals surface area contributed by atoms with Crippen molar-refractivity contribution in [1.29, 1.82) is 0 Å². The minimum atomic E-state index is -0.449. The summed E-state index contributed by atoms with van der Waals surface area (Å²) in [5.41, 5.74) is 1.05. The van der Waals surface area contributed by atoms with Crippen molar-refractivity contribution in [1.82, 2.24) is 10.2 Å². The van der Waals surface area contributed by atoms with Crippen LogP contribution in [-0.2, 0) is 6.42 Å². The minimum Gasteiger partial charge on any atom is -0.444 e. The number of thioether (sulfide) groups is 1. The van der Waals surface area contributed by atoms with Gasteiger partial charge in [-0.3, -0.25) is 10.1 Å². The van der Waals surface area contributed by atoms with Crippen LogP contribution in [0.4, 0.5) is 6.01 Å². The van der Waals surface area contributed by atoms with E-state index in [1.165, 1.54) is 4.90 Å². The molecular weight excluding hydrogens is 382 g/mol. The highest BCUT2D eigenvalue weighted by Gasteiger charge is 2.14. The normalized spacial score (nSPS) is 10.7. The van der Waals surface area contributed by atoms with Gasteiger partial charge in [0.25, 0.3) is 5.91 Å². The third-order valence-corrected chi connectivity index (χ3v) is 4.17. The van der Waals surface area contributed by atoms with Gasteiger partial charge in [0.05, 0.1) is 6.42 Å². The smallest absolute Gasteiger partial charge is 0.322 e. The van der Waals surface area contributed by atoms with Crippen LogP contribution in [0.3, 0.4) is 0 Å². The molecule has 0 unspecified atom stereocenters. The number of hydrogen-bond donors (Lipinski definition) is 1. The van der Waals surface area contributed by atoms with E-state index in [0.717, 1.165) is 5.56 Å². The van der Waals surface area contributed by atoms with Crippen LogP contribution in [0.5, 0.6) is 0 Å². The Morgan fingerprint density at radius 3 is 2.61 bits per heavy atom. The zero-order valence-electron chi connectivity index (χ0n) is 12.1. The molecule has 0 atom stereocenters. The van der Waals surface area contributed by atoms with Gasteiger partial charge in [0, 0.05) is 4.90 Å². The van der Waals surface area contributed by atoms with Crippen molar-refractivity contribution in [2.45, 2.75) is 11.3 Å². The van der Waals surface area contributed by atoms with Crippen LogP contribution in [0.25, 0.3) is 0 Å². The van der Waals surface area contributed by atoms with Crippen molar-refractivity contribution >= 4 is 39.6 Å². The molecule has 2 aromatic heterocycles. The highest BCUT2D eigenvalue weighted by molar-refractivity contribution is 9.10. The van der Waals surface area contributed by atoms with Gasteiger partial charge in [-0.2, -0.15) is 0 Å². The molecule has 1 N–H and O–H groups in total. The van der Waals surface area contributed by atoms with Crippen LogP contribution >= 0.6 is 27.7 Å². The third kappa shape index (κ3) is 4.02. The van der Waals surface area contributed by atoms with E-state index >= 15 is 0 Å². The number of halogens is 1. The molecule has 118 valence electrons. The number of amides is 1. The van der Waals surface area contributed by atoms with Gasteiger partial charge in [0.15, 0.2) is 10.4 Å². The van der Waals surface area contributed by atoms with Crippen molar-refractivity contribution < 1.29 is 13.6 Å². The summed E-state index contributed by atoms with van der Waals surface area (Å²) in [7, 11) is 0. The number of aromatic nitrogens is 2. The summed E-state index contributed by atoms with van der Waals surface area (Å²) < 4.78 is 11.1. The number of carbonyl (C=O) groups is 1. The molecule has 6 nitrogen and oxygen atoms in total. The molecule has 1 amide bonds. The molecule has 3 aromatic rings. The SMILES string of the molecule is CSc1ccc(Cc2nnc(NC(=O)c3ccc(Br)o3)o2)cc1. The Labute approximate surface area is 144 Å². The monoisotopic (exact) mass is 393 g/mol. The van der Waals surface area contributed by atoms with Crippen LogP contribution in [0.15, 0.2) is 54.8 Å². The van der Waals surface area contributed by atoms with Crippen LogP contribution in [-0.4, -0.2) is 22.4 Å². The predicted molar refractivity (Wildman–Crippen MR) is 89.7 cm³/mol. The van der Waals surface area contributed by atoms with E-state index in [1.807, 2.05) is 30.5 Å². The number of furan rings is 1. The van der Waals surface area contributed by atoms with Gasteiger partial charge in [-0.1, -0.05) is 17.2 Å². The zero-order valence-corrected chi connectivity index (χ0v) is 14.5. The fourth-order valence-corrected chi connectivity index (χ4v) is 2.60. The summed E-state index contributed by atoms with van der Waals surface area (Å²) >= 11 is 4.82. The largest absolute Gasteiger partial charge is 0.444 e. The first-order valence-corrected chi connectivity index (χ1v) is 8.68. The summed E-state index contributed by atoms with van der Waals surface area (Å²) in [6.07, 6.45) is 2.53. The molecule has 23 heavy (non-hydrogen) atoms. The Bertz CT molecular complexity index is 813. The molecule has 0 aliphatic heterocycles. The van der Waals surface area contributed by atoms with Crippen LogP contribution in [0.2, 0.25) is 0 Å². The number of rotatable bonds is 5. The number of anilines is 1. The van der Waals surface area contributed by atoms with Crippen LogP contribution in [0, 0.1) is 0 Å². The molecule has 8 heteroatoms. The summed E-state index contributed by atoms with van der Waals surface area (Å²) in [5.74, 6) is 0.136. The van der Waals surface area contributed by atoms with Crippen LogP contribution < -0.4 is 5.32 Å². The lowest BCUT2D eigenvalue weighted by Crippen LogP contribution is -2.10. The highest BCUT2D eigenvalue weighted by Crippen LogP contribution is 2.18. The number of nitrogens with one attached hydrogen (secondary N) is 1. The Balaban J connectivity index is 1.64. The lowest BCUT2D eigenvalue weighted by molar-refractivity contribution is 0.0992. The summed E-state index contributed by atoms with van der Waals surface area (Å²) in [6.45, 7) is 0. The predicted octanol–water partition coefficient (Wildman–Crippen LogP) is 3.99. The average Bonchev–Trinajstić information content (AvgIpc) is 3.17. The number of hydrogen-bond acceptors (Lipinski definition) is 6. The molecule has 0 saturated heterocycles. The molecule has 0 fully saturated rings. The average molecular weight is 394 g/mol. The molecule has 0 aliphatic carbocycles.